The Morgan fingerprint density at radius 1 is 1.10 bits per heavy atom. The van der Waals surface area contributed by atoms with E-state index in [4.69, 9.17) is 23.2 Å². The lowest BCUT2D eigenvalue weighted by atomic mass is 10.1. The van der Waals surface area contributed by atoms with Crippen molar-refractivity contribution in [2.45, 2.75) is 19.1 Å². The molecule has 10 heteroatoms. The first-order chi connectivity index (χ1) is 13.6. The highest BCUT2D eigenvalue weighted by molar-refractivity contribution is 6.31. The van der Waals surface area contributed by atoms with E-state index >= 15 is 0 Å². The molecule has 0 aliphatic carbocycles. The summed E-state index contributed by atoms with van der Waals surface area (Å²) in [5.74, 6) is -1.08. The number of halogens is 6. The van der Waals surface area contributed by atoms with Gasteiger partial charge in [-0.3, -0.25) is 4.79 Å². The van der Waals surface area contributed by atoms with Crippen molar-refractivity contribution in [1.29, 1.82) is 0 Å². The quantitative estimate of drug-likeness (QED) is 0.548. The van der Waals surface area contributed by atoms with Gasteiger partial charge in [0.25, 0.3) is 0 Å². The number of carbonyl (C=O) groups is 1. The van der Waals surface area contributed by atoms with Crippen LogP contribution in [0.25, 0.3) is 5.69 Å². The van der Waals surface area contributed by atoms with Crippen molar-refractivity contribution in [2.24, 2.45) is 0 Å². The zero-order valence-corrected chi connectivity index (χ0v) is 16.1. The van der Waals surface area contributed by atoms with E-state index in [1.54, 1.807) is 18.2 Å². The lowest BCUT2D eigenvalue weighted by Crippen LogP contribution is -2.25. The first-order valence-corrected chi connectivity index (χ1v) is 9.02. The average Bonchev–Trinajstić information content (AvgIpc) is 3.08. The van der Waals surface area contributed by atoms with Gasteiger partial charge in [-0.15, -0.1) is 0 Å². The Morgan fingerprint density at radius 2 is 1.86 bits per heavy atom. The van der Waals surface area contributed by atoms with Gasteiger partial charge in [0, 0.05) is 5.02 Å². The van der Waals surface area contributed by atoms with Gasteiger partial charge < -0.3 is 5.32 Å². The Bertz CT molecular complexity index is 1050. The summed E-state index contributed by atoms with van der Waals surface area (Å²) in [6, 6.07) is 10.9. The van der Waals surface area contributed by atoms with Crippen LogP contribution >= 0.6 is 23.2 Å². The molecular weight excluding hydrogens is 433 g/mol. The fourth-order valence-corrected chi connectivity index (χ4v) is 2.99. The van der Waals surface area contributed by atoms with E-state index in [9.17, 15) is 22.4 Å². The Hall–Kier alpha value is -2.58. The molecule has 1 amide bonds. The van der Waals surface area contributed by atoms with E-state index in [2.05, 4.69) is 10.4 Å². The number of carbonyl (C=O) groups excluding carboxylic acids is 1. The van der Waals surface area contributed by atoms with Gasteiger partial charge >= 0.3 is 6.18 Å². The lowest BCUT2D eigenvalue weighted by molar-refractivity contribution is -0.141. The van der Waals surface area contributed by atoms with Gasteiger partial charge in [0.05, 0.1) is 29.4 Å². The summed E-state index contributed by atoms with van der Waals surface area (Å²) in [6.45, 7) is -0.205. The summed E-state index contributed by atoms with van der Waals surface area (Å²) in [4.78, 5) is 12.2. The van der Waals surface area contributed by atoms with Crippen molar-refractivity contribution in [3.63, 3.8) is 0 Å². The first kappa shape index (κ1) is 21.1. The fraction of sp³-hybridized carbons (Fsp3) is 0.158. The third kappa shape index (κ3) is 5.27. The van der Waals surface area contributed by atoms with Crippen LogP contribution in [-0.4, -0.2) is 15.7 Å². The molecule has 0 aliphatic rings. The summed E-state index contributed by atoms with van der Waals surface area (Å²) in [6.07, 6.45) is -4.76. The summed E-state index contributed by atoms with van der Waals surface area (Å²) < 4.78 is 53.6. The van der Waals surface area contributed by atoms with Crippen LogP contribution in [-0.2, 0) is 23.9 Å². The molecule has 1 aromatic heterocycles. The average molecular weight is 446 g/mol. The predicted molar refractivity (Wildman–Crippen MR) is 101 cm³/mol. The van der Waals surface area contributed by atoms with Crippen LogP contribution in [0.15, 0.2) is 48.5 Å². The van der Waals surface area contributed by atoms with Crippen molar-refractivity contribution < 1.29 is 22.4 Å². The smallest absolute Gasteiger partial charge is 0.350 e. The maximum absolute atomic E-state index is 13.2. The minimum absolute atomic E-state index is 0.114. The van der Waals surface area contributed by atoms with Crippen LogP contribution in [0, 0.1) is 5.82 Å². The minimum atomic E-state index is -4.65. The number of aromatic nitrogens is 2. The number of rotatable bonds is 5. The van der Waals surface area contributed by atoms with Gasteiger partial charge in [-0.25, -0.2) is 9.07 Å². The first-order valence-electron chi connectivity index (χ1n) is 8.26. The summed E-state index contributed by atoms with van der Waals surface area (Å²) >= 11 is 11.6. The third-order valence-corrected chi connectivity index (χ3v) is 4.47. The number of nitrogens with one attached hydrogen (secondary N) is 1. The zero-order chi connectivity index (χ0) is 21.2. The number of nitrogens with zero attached hydrogens (tertiary/aromatic N) is 2. The van der Waals surface area contributed by atoms with Gasteiger partial charge in [-0.1, -0.05) is 35.3 Å². The predicted octanol–water partition coefficient (Wildman–Crippen LogP) is 5.20. The van der Waals surface area contributed by atoms with Crippen LogP contribution in [0.4, 0.5) is 17.6 Å². The van der Waals surface area contributed by atoms with E-state index in [0.29, 0.717) is 16.3 Å². The highest BCUT2D eigenvalue weighted by Gasteiger charge is 2.35. The molecule has 0 unspecified atom stereocenters. The molecule has 2 aromatic carbocycles. The van der Waals surface area contributed by atoms with Crippen LogP contribution in [0.2, 0.25) is 10.0 Å². The summed E-state index contributed by atoms with van der Waals surface area (Å²) in [5, 5.41) is 6.34. The fourth-order valence-electron chi connectivity index (χ4n) is 2.60. The molecule has 0 saturated carbocycles. The Balaban J connectivity index is 1.79. The molecule has 152 valence electrons. The third-order valence-electron chi connectivity index (χ3n) is 3.94. The van der Waals surface area contributed by atoms with Crippen LogP contribution in [0.3, 0.4) is 0 Å². The van der Waals surface area contributed by atoms with Gasteiger partial charge in [0.2, 0.25) is 5.91 Å². The molecule has 0 fully saturated rings. The van der Waals surface area contributed by atoms with Crippen LogP contribution < -0.4 is 5.32 Å². The highest BCUT2D eigenvalue weighted by atomic mass is 35.5. The Morgan fingerprint density at radius 3 is 2.52 bits per heavy atom. The Kier molecular flexibility index (Phi) is 6.14. The SMILES string of the molecule is O=C(Cc1ccc(F)c(Cl)c1)NCc1cc(C(F)(F)F)nn1-c1cccc(Cl)c1. The molecule has 4 nitrogen and oxygen atoms in total. The van der Waals surface area contributed by atoms with E-state index in [0.717, 1.165) is 16.8 Å². The summed E-state index contributed by atoms with van der Waals surface area (Å²) in [7, 11) is 0. The number of hydrogen-bond acceptors (Lipinski definition) is 2. The molecule has 0 spiro atoms. The maximum Gasteiger partial charge on any atom is 0.435 e. The van der Waals surface area contributed by atoms with Crippen molar-refractivity contribution >= 4 is 29.1 Å². The van der Waals surface area contributed by atoms with Gasteiger partial charge in [0.15, 0.2) is 5.69 Å². The van der Waals surface area contributed by atoms with Gasteiger partial charge in [0.1, 0.15) is 5.82 Å². The molecule has 0 radical (unpaired) electrons. The number of alkyl halides is 3. The lowest BCUT2D eigenvalue weighted by Gasteiger charge is -2.09. The molecule has 3 aromatic rings. The molecular formula is C19H13Cl2F4N3O. The Labute approximate surface area is 173 Å². The second kappa shape index (κ2) is 8.42. The molecule has 1 N–H and O–H groups in total. The molecule has 29 heavy (non-hydrogen) atoms. The minimum Gasteiger partial charge on any atom is -0.350 e. The molecule has 3 rings (SSSR count). The number of amides is 1. The van der Waals surface area contributed by atoms with E-state index < -0.39 is 23.6 Å². The zero-order valence-electron chi connectivity index (χ0n) is 14.6. The van der Waals surface area contributed by atoms with Crippen molar-refractivity contribution in [1.82, 2.24) is 15.1 Å². The second-order valence-electron chi connectivity index (χ2n) is 6.11. The van der Waals surface area contributed by atoms with E-state index in [1.807, 2.05) is 0 Å². The normalized spacial score (nSPS) is 11.5. The second-order valence-corrected chi connectivity index (χ2v) is 6.96. The van der Waals surface area contributed by atoms with Crippen LogP contribution in [0.5, 0.6) is 0 Å². The largest absolute Gasteiger partial charge is 0.435 e. The maximum atomic E-state index is 13.2. The van der Waals surface area contributed by atoms with Crippen molar-refractivity contribution in [2.75, 3.05) is 0 Å². The molecule has 0 saturated heterocycles. The monoisotopic (exact) mass is 445 g/mol. The van der Waals surface area contributed by atoms with Crippen molar-refractivity contribution in [3.8, 4) is 5.69 Å². The van der Waals surface area contributed by atoms with E-state index in [-0.39, 0.29) is 23.7 Å². The molecule has 1 heterocycles. The number of benzene rings is 2. The van der Waals surface area contributed by atoms with Gasteiger partial charge in [-0.05, 0) is 42.0 Å². The standard InChI is InChI=1S/C19H13Cl2F4N3O/c20-12-2-1-3-13(8-12)28-14(9-17(27-28)19(23,24)25)10-26-18(29)7-11-4-5-16(22)15(21)6-11/h1-6,8-9H,7,10H2,(H,26,29). The molecule has 0 aliphatic heterocycles. The van der Waals surface area contributed by atoms with Crippen molar-refractivity contribution in [3.05, 3.63) is 81.3 Å². The topological polar surface area (TPSA) is 46.9 Å². The van der Waals surface area contributed by atoms with Gasteiger partial charge in [-0.2, -0.15) is 18.3 Å². The molecule has 0 bridgehead atoms. The summed E-state index contributed by atoms with van der Waals surface area (Å²) in [5.41, 5.74) is -0.187. The number of hydrogen-bond donors (Lipinski definition) is 1. The van der Waals surface area contributed by atoms with Crippen LogP contribution in [0.1, 0.15) is 17.0 Å². The van der Waals surface area contributed by atoms with E-state index in [1.165, 1.54) is 18.2 Å². The highest BCUT2D eigenvalue weighted by Crippen LogP contribution is 2.30. The molecule has 0 atom stereocenters.